The van der Waals surface area contributed by atoms with Crippen LogP contribution in [0.5, 0.6) is 11.5 Å². The van der Waals surface area contributed by atoms with Crippen molar-refractivity contribution in [2.45, 2.75) is 6.92 Å². The van der Waals surface area contributed by atoms with E-state index in [4.69, 9.17) is 13.9 Å². The molecule has 0 fully saturated rings. The fourth-order valence-corrected chi connectivity index (χ4v) is 3.55. The average Bonchev–Trinajstić information content (AvgIpc) is 2.84. The normalized spacial score (nSPS) is 10.7. The van der Waals surface area contributed by atoms with Crippen LogP contribution in [0.15, 0.2) is 69.9 Å². The Bertz CT molecular complexity index is 1470. The predicted octanol–water partition coefficient (Wildman–Crippen LogP) is 4.74. The third kappa shape index (κ3) is 4.33. The third-order valence-corrected chi connectivity index (χ3v) is 5.32. The zero-order chi connectivity index (χ0) is 24.4. The molecular formula is C26H21NO7. The van der Waals surface area contributed by atoms with Crippen molar-refractivity contribution in [3.8, 4) is 22.8 Å². The highest BCUT2D eigenvalue weighted by Gasteiger charge is 2.19. The highest BCUT2D eigenvalue weighted by molar-refractivity contribution is 6.08. The molecule has 1 heterocycles. The molecule has 0 aliphatic carbocycles. The van der Waals surface area contributed by atoms with Gasteiger partial charge in [-0.15, -0.1) is 0 Å². The van der Waals surface area contributed by atoms with E-state index in [9.17, 15) is 19.5 Å². The Hall–Kier alpha value is -4.59. The number of carboxylic acid groups (broad SMARTS) is 1. The van der Waals surface area contributed by atoms with E-state index >= 15 is 0 Å². The third-order valence-electron chi connectivity index (χ3n) is 5.32. The van der Waals surface area contributed by atoms with Crippen molar-refractivity contribution >= 4 is 28.5 Å². The first-order valence-corrected chi connectivity index (χ1v) is 10.3. The van der Waals surface area contributed by atoms with Crippen molar-refractivity contribution in [3.05, 3.63) is 87.6 Å². The number of rotatable bonds is 6. The second kappa shape index (κ2) is 9.11. The van der Waals surface area contributed by atoms with Gasteiger partial charge in [-0.1, -0.05) is 23.8 Å². The molecule has 0 bridgehead atoms. The summed E-state index contributed by atoms with van der Waals surface area (Å²) in [5.41, 5.74) is 2.11. The molecule has 3 aromatic carbocycles. The maximum absolute atomic E-state index is 12.8. The molecule has 8 heteroatoms. The highest BCUT2D eigenvalue weighted by atomic mass is 16.5. The van der Waals surface area contributed by atoms with Gasteiger partial charge < -0.3 is 24.3 Å². The summed E-state index contributed by atoms with van der Waals surface area (Å²) >= 11 is 0. The molecule has 1 amide bonds. The molecule has 1 aromatic heterocycles. The first kappa shape index (κ1) is 22.6. The Morgan fingerprint density at radius 3 is 2.24 bits per heavy atom. The number of aryl methyl sites for hydroxylation is 1. The quantitative estimate of drug-likeness (QED) is 0.428. The molecule has 0 saturated carbocycles. The maximum Gasteiger partial charge on any atom is 0.337 e. The topological polar surface area (TPSA) is 115 Å². The number of hydrogen-bond acceptors (Lipinski definition) is 6. The van der Waals surface area contributed by atoms with E-state index in [1.54, 1.807) is 36.4 Å². The van der Waals surface area contributed by atoms with Crippen molar-refractivity contribution in [2.24, 2.45) is 0 Å². The van der Waals surface area contributed by atoms with Gasteiger partial charge in [-0.3, -0.25) is 9.59 Å². The summed E-state index contributed by atoms with van der Waals surface area (Å²) < 4.78 is 16.2. The number of amides is 1. The molecule has 172 valence electrons. The van der Waals surface area contributed by atoms with Crippen LogP contribution in [0.1, 0.15) is 26.3 Å². The van der Waals surface area contributed by atoms with Crippen LogP contribution < -0.4 is 20.2 Å². The smallest absolute Gasteiger partial charge is 0.337 e. The van der Waals surface area contributed by atoms with Gasteiger partial charge in [0, 0.05) is 29.3 Å². The van der Waals surface area contributed by atoms with Gasteiger partial charge in [0.1, 0.15) is 11.3 Å². The minimum Gasteiger partial charge on any atom is -0.493 e. The molecule has 2 N–H and O–H groups in total. The number of hydrogen-bond donors (Lipinski definition) is 2. The Kier molecular flexibility index (Phi) is 6.05. The molecule has 4 aromatic rings. The van der Waals surface area contributed by atoms with Crippen molar-refractivity contribution < 1.29 is 28.6 Å². The summed E-state index contributed by atoms with van der Waals surface area (Å²) in [6, 6.07) is 15.9. The van der Waals surface area contributed by atoms with Crippen LogP contribution in [0, 0.1) is 6.92 Å². The van der Waals surface area contributed by atoms with Crippen molar-refractivity contribution in [3.63, 3.8) is 0 Å². The van der Waals surface area contributed by atoms with Crippen LogP contribution in [-0.2, 0) is 0 Å². The zero-order valence-electron chi connectivity index (χ0n) is 18.7. The van der Waals surface area contributed by atoms with Crippen LogP contribution >= 0.6 is 0 Å². The van der Waals surface area contributed by atoms with Crippen LogP contribution in [0.25, 0.3) is 22.3 Å². The maximum atomic E-state index is 12.8. The van der Waals surface area contributed by atoms with Crippen LogP contribution in [0.4, 0.5) is 5.69 Å². The number of aromatic carboxylic acids is 1. The van der Waals surface area contributed by atoms with Crippen LogP contribution in [0.2, 0.25) is 0 Å². The molecule has 0 atom stereocenters. The molecule has 0 spiro atoms. The summed E-state index contributed by atoms with van der Waals surface area (Å²) in [6.45, 7) is 1.90. The molecule has 8 nitrogen and oxygen atoms in total. The van der Waals surface area contributed by atoms with E-state index in [2.05, 4.69) is 5.32 Å². The Morgan fingerprint density at radius 1 is 0.912 bits per heavy atom. The predicted molar refractivity (Wildman–Crippen MR) is 127 cm³/mol. The molecular weight excluding hydrogens is 438 g/mol. The Balaban J connectivity index is 1.62. The lowest BCUT2D eigenvalue weighted by Crippen LogP contribution is -2.15. The SMILES string of the molecule is COc1cc(NC(=O)c2ccc(-c3cc(=O)c4cc(C)ccc4o3)cc2)c(C(=O)O)cc1OC. The number of nitrogens with one attached hydrogen (secondary N) is 1. The number of carbonyl (C=O) groups excluding carboxylic acids is 1. The van der Waals surface area contributed by atoms with Gasteiger partial charge in [-0.25, -0.2) is 4.79 Å². The molecule has 34 heavy (non-hydrogen) atoms. The van der Waals surface area contributed by atoms with Crippen LogP contribution in [-0.4, -0.2) is 31.2 Å². The summed E-state index contributed by atoms with van der Waals surface area (Å²) in [6.07, 6.45) is 0. The molecule has 0 aliphatic rings. The van der Waals surface area contributed by atoms with Gasteiger partial charge in [-0.2, -0.15) is 0 Å². The number of methoxy groups -OCH3 is 2. The highest BCUT2D eigenvalue weighted by Crippen LogP contribution is 2.33. The van der Waals surface area contributed by atoms with E-state index in [-0.39, 0.29) is 33.7 Å². The van der Waals surface area contributed by atoms with E-state index in [0.29, 0.717) is 22.3 Å². The average molecular weight is 459 g/mol. The summed E-state index contributed by atoms with van der Waals surface area (Å²) in [7, 11) is 2.80. The lowest BCUT2D eigenvalue weighted by Gasteiger charge is -2.14. The first-order chi connectivity index (χ1) is 16.3. The summed E-state index contributed by atoms with van der Waals surface area (Å²) in [5.74, 6) is -0.861. The number of fused-ring (bicyclic) bond motifs is 1. The second-order valence-electron chi connectivity index (χ2n) is 7.56. The lowest BCUT2D eigenvalue weighted by atomic mass is 10.1. The van der Waals surface area contributed by atoms with Gasteiger partial charge in [0.25, 0.3) is 5.91 Å². The standard InChI is InChI=1S/C26H21NO7/c1-14-4-9-21-18(10-14)20(28)13-22(34-21)15-5-7-16(8-6-15)25(29)27-19-12-24(33-3)23(32-2)11-17(19)26(30)31/h4-13H,1-3H3,(H,27,29)(H,30,31). The summed E-state index contributed by atoms with van der Waals surface area (Å²) in [5, 5.41) is 12.6. The molecule has 0 radical (unpaired) electrons. The van der Waals surface area contributed by atoms with E-state index < -0.39 is 11.9 Å². The van der Waals surface area contributed by atoms with Crippen molar-refractivity contribution in [2.75, 3.05) is 19.5 Å². The van der Waals surface area contributed by atoms with E-state index in [1.165, 1.54) is 32.4 Å². The number of benzene rings is 3. The first-order valence-electron chi connectivity index (χ1n) is 10.3. The monoisotopic (exact) mass is 459 g/mol. The summed E-state index contributed by atoms with van der Waals surface area (Å²) in [4.78, 5) is 37.0. The van der Waals surface area contributed by atoms with Gasteiger partial charge in [-0.05, 0) is 31.2 Å². The lowest BCUT2D eigenvalue weighted by molar-refractivity contribution is 0.0697. The Morgan fingerprint density at radius 2 is 1.59 bits per heavy atom. The molecule has 0 aliphatic heterocycles. The zero-order valence-corrected chi connectivity index (χ0v) is 18.7. The van der Waals surface area contributed by atoms with E-state index in [1.807, 2.05) is 13.0 Å². The largest absolute Gasteiger partial charge is 0.493 e. The molecule has 4 rings (SSSR count). The van der Waals surface area contributed by atoms with Crippen LogP contribution in [0.3, 0.4) is 0 Å². The second-order valence-corrected chi connectivity index (χ2v) is 7.56. The van der Waals surface area contributed by atoms with Gasteiger partial charge in [0.15, 0.2) is 16.9 Å². The molecule has 0 unspecified atom stereocenters. The van der Waals surface area contributed by atoms with Gasteiger partial charge in [0.05, 0.1) is 30.9 Å². The minimum absolute atomic E-state index is 0.0649. The number of ether oxygens (including phenoxy) is 2. The van der Waals surface area contributed by atoms with Crippen molar-refractivity contribution in [1.82, 2.24) is 0 Å². The fourth-order valence-electron chi connectivity index (χ4n) is 3.55. The molecule has 0 saturated heterocycles. The number of carbonyl (C=O) groups is 2. The minimum atomic E-state index is -1.23. The number of carboxylic acids is 1. The van der Waals surface area contributed by atoms with Gasteiger partial charge in [0.2, 0.25) is 0 Å². The van der Waals surface area contributed by atoms with Gasteiger partial charge >= 0.3 is 5.97 Å². The fraction of sp³-hybridized carbons (Fsp3) is 0.115. The van der Waals surface area contributed by atoms with E-state index in [0.717, 1.165) is 5.56 Å². The van der Waals surface area contributed by atoms with Crippen molar-refractivity contribution in [1.29, 1.82) is 0 Å². The Labute approximate surface area is 194 Å². The number of anilines is 1.